The molecule has 2 N–H and O–H groups in total. The Bertz CT molecular complexity index is 943. The van der Waals surface area contributed by atoms with E-state index in [9.17, 15) is 14.7 Å². The number of benzene rings is 1. The zero-order valence-electron chi connectivity index (χ0n) is 17.5. The maximum absolute atomic E-state index is 12.8. The Morgan fingerprint density at radius 2 is 1.90 bits per heavy atom. The number of pyridine rings is 1. The molecule has 0 spiro atoms. The molecule has 0 bridgehead atoms. The Morgan fingerprint density at radius 3 is 2.58 bits per heavy atom. The molecule has 3 amide bonds. The SMILES string of the molecule is O=C(NC1CCCC1)N1CC(=O)N2[C@H](CO)[C@H](c3ccc(-c4cccnc4)cc3)[C@H]2C1. The molecule has 5 rings (SSSR count). The van der Waals surface area contributed by atoms with Crippen LogP contribution in [0.4, 0.5) is 4.79 Å². The van der Waals surface area contributed by atoms with E-state index in [0.29, 0.717) is 6.54 Å². The molecular weight excluding hydrogens is 392 g/mol. The van der Waals surface area contributed by atoms with Gasteiger partial charge in [0.1, 0.15) is 6.54 Å². The van der Waals surface area contributed by atoms with Crippen molar-refractivity contribution in [3.63, 3.8) is 0 Å². The number of carbonyl (C=O) groups is 2. The number of aliphatic hydroxyl groups is 1. The molecule has 1 aliphatic carbocycles. The van der Waals surface area contributed by atoms with Crippen LogP contribution in [0.2, 0.25) is 0 Å². The first-order valence-electron chi connectivity index (χ1n) is 11.1. The third-order valence-electron chi connectivity index (χ3n) is 7.01. The molecule has 1 aromatic carbocycles. The summed E-state index contributed by atoms with van der Waals surface area (Å²) in [6, 6.07) is 11.9. The number of rotatable bonds is 4. The van der Waals surface area contributed by atoms with E-state index < -0.39 is 0 Å². The van der Waals surface area contributed by atoms with Crippen molar-refractivity contribution >= 4 is 11.9 Å². The minimum Gasteiger partial charge on any atom is -0.394 e. The molecule has 0 radical (unpaired) electrons. The van der Waals surface area contributed by atoms with Crippen molar-refractivity contribution in [2.75, 3.05) is 19.7 Å². The number of fused-ring (bicyclic) bond motifs is 1. The van der Waals surface area contributed by atoms with Crippen molar-refractivity contribution in [3.05, 3.63) is 54.4 Å². The smallest absolute Gasteiger partial charge is 0.318 e. The first-order chi connectivity index (χ1) is 15.2. The van der Waals surface area contributed by atoms with Gasteiger partial charge in [-0.05, 0) is 35.6 Å². The lowest BCUT2D eigenvalue weighted by atomic mass is 9.73. The van der Waals surface area contributed by atoms with Gasteiger partial charge < -0.3 is 20.2 Å². The van der Waals surface area contributed by atoms with E-state index in [1.54, 1.807) is 16.0 Å². The molecule has 7 heteroatoms. The molecule has 2 aliphatic heterocycles. The average molecular weight is 421 g/mol. The molecule has 1 aromatic heterocycles. The molecular formula is C24H28N4O3. The standard InChI is InChI=1S/C24H28N4O3/c29-15-21-23(17-9-7-16(8-10-17)18-4-3-11-25-12-18)20-13-27(14-22(30)28(20)21)24(31)26-19-5-1-2-6-19/h3-4,7-12,19-21,23,29H,1-2,5-6,13-15H2,(H,26,31)/t20-,21-,23-/m1/s1. The van der Waals surface area contributed by atoms with Gasteiger partial charge in [-0.1, -0.05) is 43.2 Å². The predicted molar refractivity (Wildman–Crippen MR) is 116 cm³/mol. The summed E-state index contributed by atoms with van der Waals surface area (Å²) in [4.78, 5) is 33.1. The van der Waals surface area contributed by atoms with Crippen LogP contribution in [-0.4, -0.2) is 69.7 Å². The fourth-order valence-electron chi connectivity index (χ4n) is 5.42. The lowest BCUT2D eigenvalue weighted by Gasteiger charge is -2.58. The molecule has 3 heterocycles. The molecule has 2 aromatic rings. The zero-order valence-corrected chi connectivity index (χ0v) is 17.5. The van der Waals surface area contributed by atoms with Gasteiger partial charge in [-0.3, -0.25) is 9.78 Å². The topological polar surface area (TPSA) is 85.8 Å². The van der Waals surface area contributed by atoms with E-state index in [0.717, 1.165) is 42.4 Å². The maximum Gasteiger partial charge on any atom is 0.318 e. The van der Waals surface area contributed by atoms with Crippen molar-refractivity contribution in [2.24, 2.45) is 0 Å². The number of aromatic nitrogens is 1. The first kappa shape index (κ1) is 20.0. The van der Waals surface area contributed by atoms with Crippen LogP contribution in [-0.2, 0) is 4.79 Å². The van der Waals surface area contributed by atoms with Crippen LogP contribution in [0, 0.1) is 0 Å². The van der Waals surface area contributed by atoms with E-state index in [4.69, 9.17) is 0 Å². The van der Waals surface area contributed by atoms with Gasteiger partial charge in [-0.25, -0.2) is 4.79 Å². The summed E-state index contributed by atoms with van der Waals surface area (Å²) in [5, 5.41) is 13.1. The Kier molecular flexibility index (Phi) is 5.36. The lowest BCUT2D eigenvalue weighted by Crippen LogP contribution is -2.74. The summed E-state index contributed by atoms with van der Waals surface area (Å²) in [6.45, 7) is 0.500. The Labute approximate surface area is 182 Å². The van der Waals surface area contributed by atoms with Crippen molar-refractivity contribution in [1.29, 1.82) is 0 Å². The molecule has 3 fully saturated rings. The van der Waals surface area contributed by atoms with Crippen LogP contribution < -0.4 is 5.32 Å². The third-order valence-corrected chi connectivity index (χ3v) is 7.01. The molecule has 3 atom stereocenters. The number of aliphatic hydroxyl groups excluding tert-OH is 1. The lowest BCUT2D eigenvalue weighted by molar-refractivity contribution is -0.159. The number of piperazine rings is 1. The van der Waals surface area contributed by atoms with Crippen LogP contribution in [0.3, 0.4) is 0 Å². The molecule has 31 heavy (non-hydrogen) atoms. The minimum absolute atomic E-state index is 0.0129. The second kappa shape index (κ2) is 8.30. The van der Waals surface area contributed by atoms with E-state index in [1.807, 2.05) is 18.3 Å². The average Bonchev–Trinajstić information content (AvgIpc) is 3.29. The normalized spacial score (nSPS) is 25.8. The van der Waals surface area contributed by atoms with E-state index in [2.05, 4.69) is 34.6 Å². The monoisotopic (exact) mass is 420 g/mol. The molecule has 3 aliphatic rings. The highest BCUT2D eigenvalue weighted by molar-refractivity contribution is 5.87. The van der Waals surface area contributed by atoms with Crippen molar-refractivity contribution in [1.82, 2.24) is 20.1 Å². The number of carbonyl (C=O) groups excluding carboxylic acids is 2. The Balaban J connectivity index is 1.33. The molecule has 7 nitrogen and oxygen atoms in total. The number of hydrogen-bond acceptors (Lipinski definition) is 4. The largest absolute Gasteiger partial charge is 0.394 e. The van der Waals surface area contributed by atoms with Crippen LogP contribution in [0.1, 0.15) is 37.2 Å². The summed E-state index contributed by atoms with van der Waals surface area (Å²) >= 11 is 0. The summed E-state index contributed by atoms with van der Waals surface area (Å²) in [7, 11) is 0. The van der Waals surface area contributed by atoms with Crippen LogP contribution in [0.25, 0.3) is 11.1 Å². The van der Waals surface area contributed by atoms with E-state index >= 15 is 0 Å². The molecule has 162 valence electrons. The summed E-state index contributed by atoms with van der Waals surface area (Å²) in [5.41, 5.74) is 3.20. The Morgan fingerprint density at radius 1 is 1.13 bits per heavy atom. The van der Waals surface area contributed by atoms with Crippen molar-refractivity contribution in [2.45, 2.75) is 49.7 Å². The number of nitrogens with zero attached hydrogens (tertiary/aromatic N) is 3. The molecule has 1 saturated carbocycles. The van der Waals surface area contributed by atoms with Crippen molar-refractivity contribution in [3.8, 4) is 11.1 Å². The highest BCUT2D eigenvalue weighted by Crippen LogP contribution is 2.43. The van der Waals surface area contributed by atoms with Gasteiger partial charge in [0.25, 0.3) is 0 Å². The number of nitrogens with one attached hydrogen (secondary N) is 1. The van der Waals surface area contributed by atoms with E-state index in [1.165, 1.54) is 0 Å². The predicted octanol–water partition coefficient (Wildman–Crippen LogP) is 2.37. The van der Waals surface area contributed by atoms with Gasteiger partial charge >= 0.3 is 6.03 Å². The fourth-order valence-corrected chi connectivity index (χ4v) is 5.42. The number of urea groups is 1. The number of amides is 3. The fraction of sp³-hybridized carbons (Fsp3) is 0.458. The third kappa shape index (κ3) is 3.67. The van der Waals surface area contributed by atoms with Gasteiger partial charge in [-0.2, -0.15) is 0 Å². The minimum atomic E-state index is -0.234. The molecule has 0 unspecified atom stereocenters. The summed E-state index contributed by atoms with van der Waals surface area (Å²) in [5.74, 6) is -0.0703. The van der Waals surface area contributed by atoms with Gasteiger partial charge in [0.15, 0.2) is 0 Å². The quantitative estimate of drug-likeness (QED) is 0.795. The van der Waals surface area contributed by atoms with E-state index in [-0.39, 0.29) is 49.1 Å². The first-order valence-corrected chi connectivity index (χ1v) is 11.1. The summed E-state index contributed by atoms with van der Waals surface area (Å²) < 4.78 is 0. The summed E-state index contributed by atoms with van der Waals surface area (Å²) in [6.07, 6.45) is 7.91. The number of hydrogen-bond donors (Lipinski definition) is 2. The van der Waals surface area contributed by atoms with Crippen molar-refractivity contribution < 1.29 is 14.7 Å². The van der Waals surface area contributed by atoms with Crippen LogP contribution in [0.5, 0.6) is 0 Å². The maximum atomic E-state index is 12.8. The second-order valence-corrected chi connectivity index (χ2v) is 8.82. The Hall–Kier alpha value is -2.93. The van der Waals surface area contributed by atoms with Gasteiger partial charge in [-0.15, -0.1) is 0 Å². The van der Waals surface area contributed by atoms with Crippen LogP contribution in [0.15, 0.2) is 48.8 Å². The molecule has 2 saturated heterocycles. The highest BCUT2D eigenvalue weighted by Gasteiger charge is 2.54. The van der Waals surface area contributed by atoms with Gasteiger partial charge in [0.05, 0.1) is 18.7 Å². The second-order valence-electron chi connectivity index (χ2n) is 8.82. The van der Waals surface area contributed by atoms with Gasteiger partial charge in [0.2, 0.25) is 5.91 Å². The van der Waals surface area contributed by atoms with Gasteiger partial charge in [0, 0.05) is 30.9 Å². The zero-order chi connectivity index (χ0) is 21.4. The van der Waals surface area contributed by atoms with Crippen LogP contribution >= 0.6 is 0 Å². The highest BCUT2D eigenvalue weighted by atomic mass is 16.3.